The fraction of sp³-hybridized carbons (Fsp3) is 0.400. The zero-order chi connectivity index (χ0) is 13.5. The molecule has 0 aliphatic carbocycles. The van der Waals surface area contributed by atoms with Crippen LogP contribution in [0.1, 0.15) is 31.2 Å². The minimum absolute atomic E-state index is 0.236. The summed E-state index contributed by atoms with van der Waals surface area (Å²) in [6.45, 7) is 3.04. The summed E-state index contributed by atoms with van der Waals surface area (Å²) >= 11 is 0. The van der Waals surface area contributed by atoms with Crippen LogP contribution in [0.15, 0.2) is 36.9 Å². The number of ketones is 1. The van der Waals surface area contributed by atoms with Gasteiger partial charge in [0.15, 0.2) is 0 Å². The van der Waals surface area contributed by atoms with E-state index in [-0.39, 0.29) is 5.78 Å². The highest BCUT2D eigenvalue weighted by Crippen LogP contribution is 2.06. The highest BCUT2D eigenvalue weighted by atomic mass is 16.1. The molecule has 4 heteroatoms. The Morgan fingerprint density at radius 1 is 1.26 bits per heavy atom. The van der Waals surface area contributed by atoms with Crippen LogP contribution in [0.4, 0.5) is 0 Å². The number of carbonyl (C=O) groups is 1. The normalized spacial score (nSPS) is 10.6. The first-order chi connectivity index (χ1) is 9.29. The fourth-order valence-electron chi connectivity index (χ4n) is 2.05. The standard InChI is InChI=1S/C15H19N3O/c1-2-10-18-11-9-17-15(18)12-14(19)4-3-13-5-7-16-8-6-13/h5-9,11H,2-4,10,12H2,1H3. The predicted octanol–water partition coefficient (Wildman–Crippen LogP) is 2.43. The van der Waals surface area contributed by atoms with Gasteiger partial charge in [-0.15, -0.1) is 0 Å². The lowest BCUT2D eigenvalue weighted by molar-refractivity contribution is -0.118. The monoisotopic (exact) mass is 257 g/mol. The average molecular weight is 257 g/mol. The molecule has 0 radical (unpaired) electrons. The van der Waals surface area contributed by atoms with Crippen LogP contribution in [0, 0.1) is 0 Å². The number of hydrogen-bond donors (Lipinski definition) is 0. The smallest absolute Gasteiger partial charge is 0.140 e. The molecule has 0 saturated heterocycles. The Kier molecular flexibility index (Phi) is 4.84. The number of nitrogens with zero attached hydrogens (tertiary/aromatic N) is 3. The van der Waals surface area contributed by atoms with Crippen molar-refractivity contribution >= 4 is 5.78 Å². The topological polar surface area (TPSA) is 47.8 Å². The third-order valence-corrected chi connectivity index (χ3v) is 3.06. The number of imidazole rings is 1. The summed E-state index contributed by atoms with van der Waals surface area (Å²) in [7, 11) is 0. The molecule has 0 atom stereocenters. The highest BCUT2D eigenvalue weighted by molar-refractivity contribution is 5.80. The molecular weight excluding hydrogens is 238 g/mol. The van der Waals surface area contributed by atoms with Gasteiger partial charge in [0.1, 0.15) is 11.6 Å². The first-order valence-corrected chi connectivity index (χ1v) is 6.70. The molecule has 0 amide bonds. The van der Waals surface area contributed by atoms with Crippen molar-refractivity contribution in [2.24, 2.45) is 0 Å². The molecule has 19 heavy (non-hydrogen) atoms. The van der Waals surface area contributed by atoms with E-state index in [1.54, 1.807) is 18.6 Å². The number of Topliss-reactive ketones (excluding diaryl/α,β-unsaturated/α-hetero) is 1. The van der Waals surface area contributed by atoms with E-state index < -0.39 is 0 Å². The molecule has 0 aliphatic heterocycles. The number of aryl methyl sites for hydroxylation is 2. The number of aromatic nitrogens is 3. The van der Waals surface area contributed by atoms with E-state index in [4.69, 9.17) is 0 Å². The van der Waals surface area contributed by atoms with Gasteiger partial charge in [-0.1, -0.05) is 6.92 Å². The molecule has 2 heterocycles. The van der Waals surface area contributed by atoms with Crippen molar-refractivity contribution in [3.63, 3.8) is 0 Å². The van der Waals surface area contributed by atoms with Crippen LogP contribution in [0.3, 0.4) is 0 Å². The van der Waals surface area contributed by atoms with Crippen molar-refractivity contribution < 1.29 is 4.79 Å². The summed E-state index contributed by atoms with van der Waals surface area (Å²) in [4.78, 5) is 20.2. The van der Waals surface area contributed by atoms with Crippen LogP contribution in [0.5, 0.6) is 0 Å². The van der Waals surface area contributed by atoms with Crippen molar-refractivity contribution in [3.05, 3.63) is 48.3 Å². The summed E-state index contributed by atoms with van der Waals surface area (Å²) in [6, 6.07) is 3.90. The lowest BCUT2D eigenvalue weighted by atomic mass is 10.1. The van der Waals surface area contributed by atoms with Gasteiger partial charge in [0.2, 0.25) is 0 Å². The SMILES string of the molecule is CCCn1ccnc1CC(=O)CCc1ccncc1. The van der Waals surface area contributed by atoms with Crippen LogP contribution in [0.2, 0.25) is 0 Å². The summed E-state index contributed by atoms with van der Waals surface area (Å²) in [5.74, 6) is 1.11. The van der Waals surface area contributed by atoms with Gasteiger partial charge in [-0.05, 0) is 30.5 Å². The Morgan fingerprint density at radius 3 is 2.79 bits per heavy atom. The van der Waals surface area contributed by atoms with Crippen LogP contribution in [0.25, 0.3) is 0 Å². The number of carbonyl (C=O) groups excluding carboxylic acids is 1. The Labute approximate surface area is 113 Å². The van der Waals surface area contributed by atoms with Gasteiger partial charge < -0.3 is 4.57 Å². The zero-order valence-corrected chi connectivity index (χ0v) is 11.2. The molecule has 2 aromatic rings. The minimum atomic E-state index is 0.236. The van der Waals surface area contributed by atoms with Crippen LogP contribution < -0.4 is 0 Å². The zero-order valence-electron chi connectivity index (χ0n) is 11.2. The molecular formula is C15H19N3O. The van der Waals surface area contributed by atoms with Gasteiger partial charge >= 0.3 is 0 Å². The van der Waals surface area contributed by atoms with E-state index in [0.29, 0.717) is 12.8 Å². The molecule has 0 unspecified atom stereocenters. The molecule has 0 spiro atoms. The largest absolute Gasteiger partial charge is 0.335 e. The molecule has 100 valence electrons. The first kappa shape index (κ1) is 13.5. The van der Waals surface area contributed by atoms with E-state index in [1.165, 1.54) is 0 Å². The van der Waals surface area contributed by atoms with Crippen molar-refractivity contribution in [2.75, 3.05) is 0 Å². The molecule has 0 N–H and O–H groups in total. The number of rotatable bonds is 7. The van der Waals surface area contributed by atoms with Crippen molar-refractivity contribution in [1.29, 1.82) is 0 Å². The van der Waals surface area contributed by atoms with E-state index in [2.05, 4.69) is 21.5 Å². The second-order valence-corrected chi connectivity index (χ2v) is 4.61. The molecule has 0 aromatic carbocycles. The lowest BCUT2D eigenvalue weighted by Crippen LogP contribution is -2.10. The van der Waals surface area contributed by atoms with Gasteiger partial charge in [0.05, 0.1) is 6.42 Å². The Morgan fingerprint density at radius 2 is 2.05 bits per heavy atom. The molecule has 0 bridgehead atoms. The second-order valence-electron chi connectivity index (χ2n) is 4.61. The summed E-state index contributed by atoms with van der Waals surface area (Å²) < 4.78 is 2.06. The molecule has 0 saturated carbocycles. The van der Waals surface area contributed by atoms with E-state index in [1.807, 2.05) is 18.3 Å². The molecule has 0 fully saturated rings. The van der Waals surface area contributed by atoms with E-state index >= 15 is 0 Å². The Hall–Kier alpha value is -1.97. The van der Waals surface area contributed by atoms with Gasteiger partial charge in [-0.25, -0.2) is 4.98 Å². The summed E-state index contributed by atoms with van der Waals surface area (Å²) in [5, 5.41) is 0. The van der Waals surface area contributed by atoms with Gasteiger partial charge in [0, 0.05) is 37.8 Å². The average Bonchev–Trinajstić information content (AvgIpc) is 2.85. The molecule has 0 aliphatic rings. The van der Waals surface area contributed by atoms with Crippen LogP contribution >= 0.6 is 0 Å². The van der Waals surface area contributed by atoms with E-state index in [0.717, 1.165) is 30.8 Å². The maximum absolute atomic E-state index is 12.0. The summed E-state index contributed by atoms with van der Waals surface area (Å²) in [5.41, 5.74) is 1.15. The third-order valence-electron chi connectivity index (χ3n) is 3.06. The maximum atomic E-state index is 12.0. The minimum Gasteiger partial charge on any atom is -0.335 e. The first-order valence-electron chi connectivity index (χ1n) is 6.70. The number of pyridine rings is 1. The number of hydrogen-bond acceptors (Lipinski definition) is 3. The Balaban J connectivity index is 1.85. The van der Waals surface area contributed by atoms with Crippen molar-refractivity contribution in [2.45, 2.75) is 39.2 Å². The van der Waals surface area contributed by atoms with E-state index in [9.17, 15) is 4.79 Å². The fourth-order valence-corrected chi connectivity index (χ4v) is 2.05. The Bertz CT molecular complexity index is 519. The van der Waals surface area contributed by atoms with Gasteiger partial charge in [-0.2, -0.15) is 0 Å². The predicted molar refractivity (Wildman–Crippen MR) is 73.8 cm³/mol. The van der Waals surface area contributed by atoms with Crippen LogP contribution in [-0.2, 0) is 24.2 Å². The van der Waals surface area contributed by atoms with Crippen molar-refractivity contribution in [3.8, 4) is 0 Å². The third kappa shape index (κ3) is 4.02. The summed E-state index contributed by atoms with van der Waals surface area (Å²) in [6.07, 6.45) is 10.0. The van der Waals surface area contributed by atoms with Crippen LogP contribution in [-0.4, -0.2) is 20.3 Å². The molecule has 4 nitrogen and oxygen atoms in total. The quantitative estimate of drug-likeness (QED) is 0.765. The molecule has 2 aromatic heterocycles. The van der Waals surface area contributed by atoms with Crippen molar-refractivity contribution in [1.82, 2.24) is 14.5 Å². The molecule has 2 rings (SSSR count). The highest BCUT2D eigenvalue weighted by Gasteiger charge is 2.09. The van der Waals surface area contributed by atoms with Gasteiger partial charge in [-0.3, -0.25) is 9.78 Å². The maximum Gasteiger partial charge on any atom is 0.140 e. The van der Waals surface area contributed by atoms with Gasteiger partial charge in [0.25, 0.3) is 0 Å². The lowest BCUT2D eigenvalue weighted by Gasteiger charge is -2.05. The second kappa shape index (κ2) is 6.83.